The van der Waals surface area contributed by atoms with Crippen molar-refractivity contribution in [1.29, 1.82) is 0 Å². The summed E-state index contributed by atoms with van der Waals surface area (Å²) in [4.78, 5) is 12.1. The molecule has 2 rings (SSSR count). The number of hydrogen-bond donors (Lipinski definition) is 1. The van der Waals surface area contributed by atoms with E-state index in [1.807, 2.05) is 25.1 Å². The third-order valence-electron chi connectivity index (χ3n) is 3.61. The Labute approximate surface area is 109 Å². The van der Waals surface area contributed by atoms with Gasteiger partial charge in [0.2, 0.25) is 0 Å². The summed E-state index contributed by atoms with van der Waals surface area (Å²) in [6.07, 6.45) is 3.41. The normalized spacial score (nSPS) is 21.3. The molecule has 18 heavy (non-hydrogen) atoms. The lowest BCUT2D eigenvalue weighted by atomic mass is 9.86. The summed E-state index contributed by atoms with van der Waals surface area (Å²) in [5, 5.41) is 3.45. The maximum absolute atomic E-state index is 12.1. The molecule has 0 radical (unpaired) electrons. The zero-order valence-corrected chi connectivity index (χ0v) is 11.1. The first kappa shape index (κ1) is 13.1. The minimum Gasteiger partial charge on any atom is -0.469 e. The first-order chi connectivity index (χ1) is 8.72. The van der Waals surface area contributed by atoms with Gasteiger partial charge in [-0.1, -0.05) is 36.2 Å². The summed E-state index contributed by atoms with van der Waals surface area (Å²) in [7, 11) is 1.47. The second kappa shape index (κ2) is 6.01. The summed E-state index contributed by atoms with van der Waals surface area (Å²) in [5.74, 6) is -0.324. The van der Waals surface area contributed by atoms with Crippen LogP contribution in [0.2, 0.25) is 0 Å². The quantitative estimate of drug-likeness (QED) is 0.833. The number of carbonyl (C=O) groups excluding carboxylic acids is 1. The Hall–Kier alpha value is -1.35. The number of nitrogens with one attached hydrogen (secondary N) is 1. The van der Waals surface area contributed by atoms with E-state index >= 15 is 0 Å². The summed E-state index contributed by atoms with van der Waals surface area (Å²) < 4.78 is 4.98. The van der Waals surface area contributed by atoms with Gasteiger partial charge in [0, 0.05) is 6.04 Å². The topological polar surface area (TPSA) is 38.3 Å². The second-order valence-corrected chi connectivity index (χ2v) is 4.97. The molecular formula is C15H21NO2. The number of carbonyl (C=O) groups is 1. The number of benzene rings is 1. The van der Waals surface area contributed by atoms with Crippen molar-refractivity contribution in [2.24, 2.45) is 0 Å². The highest BCUT2D eigenvalue weighted by Crippen LogP contribution is 2.27. The molecule has 1 fully saturated rings. The van der Waals surface area contributed by atoms with E-state index in [0.717, 1.165) is 18.5 Å². The number of methoxy groups -OCH3 is 1. The lowest BCUT2D eigenvalue weighted by Crippen LogP contribution is -2.42. The van der Waals surface area contributed by atoms with E-state index in [0.29, 0.717) is 0 Å². The van der Waals surface area contributed by atoms with Crippen molar-refractivity contribution >= 4 is 5.97 Å². The first-order valence-electron chi connectivity index (χ1n) is 6.60. The summed E-state index contributed by atoms with van der Waals surface area (Å²) >= 11 is 0. The van der Waals surface area contributed by atoms with Gasteiger partial charge >= 0.3 is 5.97 Å². The molecule has 1 saturated heterocycles. The van der Waals surface area contributed by atoms with Crippen molar-refractivity contribution < 1.29 is 9.53 Å². The highest BCUT2D eigenvalue weighted by atomic mass is 16.5. The van der Waals surface area contributed by atoms with Gasteiger partial charge < -0.3 is 10.1 Å². The molecular weight excluding hydrogens is 226 g/mol. The molecule has 1 heterocycles. The van der Waals surface area contributed by atoms with Crippen LogP contribution in [0.5, 0.6) is 0 Å². The highest BCUT2D eigenvalue weighted by molar-refractivity contribution is 5.79. The number of ether oxygens (including phenoxy) is 1. The molecule has 0 bridgehead atoms. The van der Waals surface area contributed by atoms with E-state index in [4.69, 9.17) is 4.74 Å². The molecule has 1 aromatic carbocycles. The van der Waals surface area contributed by atoms with Gasteiger partial charge in [-0.05, 0) is 31.9 Å². The van der Waals surface area contributed by atoms with Crippen molar-refractivity contribution in [3.63, 3.8) is 0 Å². The van der Waals surface area contributed by atoms with Gasteiger partial charge in [-0.3, -0.25) is 4.79 Å². The average Bonchev–Trinajstić information content (AvgIpc) is 2.40. The lowest BCUT2D eigenvalue weighted by molar-refractivity contribution is -0.143. The van der Waals surface area contributed by atoms with Crippen LogP contribution in [-0.2, 0) is 9.53 Å². The predicted molar refractivity (Wildman–Crippen MR) is 71.6 cm³/mol. The smallest absolute Gasteiger partial charge is 0.314 e. The Morgan fingerprint density at radius 1 is 1.44 bits per heavy atom. The molecule has 0 unspecified atom stereocenters. The van der Waals surface area contributed by atoms with Crippen molar-refractivity contribution in [2.75, 3.05) is 13.7 Å². The van der Waals surface area contributed by atoms with Crippen molar-refractivity contribution in [2.45, 2.75) is 38.1 Å². The lowest BCUT2D eigenvalue weighted by Gasteiger charge is -2.30. The summed E-state index contributed by atoms with van der Waals surface area (Å²) in [5.41, 5.74) is 2.23. The first-order valence-corrected chi connectivity index (χ1v) is 6.60. The highest BCUT2D eigenvalue weighted by Gasteiger charge is 2.31. The van der Waals surface area contributed by atoms with Crippen LogP contribution >= 0.6 is 0 Å². The second-order valence-electron chi connectivity index (χ2n) is 4.97. The van der Waals surface area contributed by atoms with Crippen LogP contribution < -0.4 is 5.32 Å². The Morgan fingerprint density at radius 2 is 2.28 bits per heavy atom. The molecule has 0 amide bonds. The van der Waals surface area contributed by atoms with Crippen LogP contribution in [-0.4, -0.2) is 25.7 Å². The number of rotatable bonds is 3. The summed E-state index contributed by atoms with van der Waals surface area (Å²) in [6, 6.07) is 8.35. The van der Waals surface area contributed by atoms with E-state index in [9.17, 15) is 4.79 Å². The molecule has 0 spiro atoms. The molecule has 1 aliphatic heterocycles. The third kappa shape index (κ3) is 2.91. The van der Waals surface area contributed by atoms with Crippen LogP contribution in [0.25, 0.3) is 0 Å². The Morgan fingerprint density at radius 3 is 2.89 bits per heavy atom. The zero-order chi connectivity index (χ0) is 13.0. The van der Waals surface area contributed by atoms with Crippen LogP contribution in [0.1, 0.15) is 36.3 Å². The minimum atomic E-state index is -0.185. The van der Waals surface area contributed by atoms with Gasteiger partial charge in [-0.2, -0.15) is 0 Å². The maximum atomic E-state index is 12.1. The molecule has 1 N–H and O–H groups in total. The van der Waals surface area contributed by atoms with Gasteiger partial charge in [-0.15, -0.1) is 0 Å². The number of piperidine rings is 1. The fourth-order valence-electron chi connectivity index (χ4n) is 2.69. The number of aryl methyl sites for hydroxylation is 1. The summed E-state index contributed by atoms with van der Waals surface area (Å²) in [6.45, 7) is 3.04. The zero-order valence-electron chi connectivity index (χ0n) is 11.1. The van der Waals surface area contributed by atoms with Crippen molar-refractivity contribution in [3.8, 4) is 0 Å². The fraction of sp³-hybridized carbons (Fsp3) is 0.533. The van der Waals surface area contributed by atoms with Crippen LogP contribution in [0.4, 0.5) is 0 Å². The molecule has 0 aromatic heterocycles. The van der Waals surface area contributed by atoms with Gasteiger partial charge in [0.25, 0.3) is 0 Å². The van der Waals surface area contributed by atoms with E-state index in [2.05, 4.69) is 11.4 Å². The molecule has 98 valence electrons. The molecule has 3 heteroatoms. The van der Waals surface area contributed by atoms with Crippen LogP contribution in [0.3, 0.4) is 0 Å². The minimum absolute atomic E-state index is 0.139. The van der Waals surface area contributed by atoms with Gasteiger partial charge in [-0.25, -0.2) is 0 Å². The van der Waals surface area contributed by atoms with E-state index in [1.54, 1.807) is 0 Å². The maximum Gasteiger partial charge on any atom is 0.314 e. The SMILES string of the molecule is COC(=O)[C@H](c1cccc(C)c1)[C@H]1CCCCN1. The number of hydrogen-bond acceptors (Lipinski definition) is 3. The molecule has 1 aliphatic rings. The molecule has 2 atom stereocenters. The van der Waals surface area contributed by atoms with E-state index in [-0.39, 0.29) is 17.9 Å². The molecule has 0 saturated carbocycles. The van der Waals surface area contributed by atoms with Crippen LogP contribution in [0, 0.1) is 6.92 Å². The Kier molecular flexibility index (Phi) is 4.37. The van der Waals surface area contributed by atoms with Gasteiger partial charge in [0.05, 0.1) is 13.0 Å². The van der Waals surface area contributed by atoms with Gasteiger partial charge in [0.15, 0.2) is 0 Å². The Balaban J connectivity index is 2.26. The number of esters is 1. The Bertz CT molecular complexity index is 411. The third-order valence-corrected chi connectivity index (χ3v) is 3.61. The molecule has 0 aliphatic carbocycles. The standard InChI is InChI=1S/C15H21NO2/c1-11-6-5-7-12(10-11)14(15(17)18-2)13-8-3-4-9-16-13/h5-7,10,13-14,16H,3-4,8-9H2,1-2H3/t13-,14-/m1/s1. The monoisotopic (exact) mass is 247 g/mol. The average molecular weight is 247 g/mol. The van der Waals surface area contributed by atoms with Crippen molar-refractivity contribution in [3.05, 3.63) is 35.4 Å². The molecule has 3 nitrogen and oxygen atoms in total. The van der Waals surface area contributed by atoms with Crippen LogP contribution in [0.15, 0.2) is 24.3 Å². The van der Waals surface area contributed by atoms with Gasteiger partial charge in [0.1, 0.15) is 0 Å². The van der Waals surface area contributed by atoms with Crippen molar-refractivity contribution in [1.82, 2.24) is 5.32 Å². The predicted octanol–water partition coefficient (Wildman–Crippen LogP) is 2.39. The van der Waals surface area contributed by atoms with E-state index < -0.39 is 0 Å². The largest absolute Gasteiger partial charge is 0.469 e. The van der Waals surface area contributed by atoms with E-state index in [1.165, 1.54) is 25.5 Å². The fourth-order valence-corrected chi connectivity index (χ4v) is 2.69. The molecule has 1 aromatic rings.